The zero-order chi connectivity index (χ0) is 30.6. The molecule has 2 amide bonds. The number of aliphatic hydroxyl groups is 2. The number of hydrogen-bond acceptors (Lipinski definition) is 7. The number of rotatable bonds is 11. The lowest BCUT2D eigenvalue weighted by molar-refractivity contribution is -0.137. The molecule has 1 fully saturated rings. The Kier molecular flexibility index (Phi) is 10.1. The Bertz CT molecular complexity index is 1350. The molecular formula is C29H30F3IN2O7. The Morgan fingerprint density at radius 1 is 1.19 bits per heavy atom. The van der Waals surface area contributed by atoms with Gasteiger partial charge in [-0.05, 0) is 83.8 Å². The SMILES string of the molecule is COc1cc(C=O)cc(I)c1OC1C=C(C(=O)NCCO)CC(N(CC2CC2)C(=O)c2ccc(C(F)(F)F)cc2)C1O. The highest BCUT2D eigenvalue weighted by atomic mass is 127. The number of hydrogen-bond donors (Lipinski definition) is 3. The Morgan fingerprint density at radius 3 is 2.45 bits per heavy atom. The number of benzene rings is 2. The number of aliphatic hydroxyl groups excluding tert-OH is 2. The van der Waals surface area contributed by atoms with Gasteiger partial charge >= 0.3 is 6.18 Å². The van der Waals surface area contributed by atoms with Crippen LogP contribution in [0.25, 0.3) is 0 Å². The van der Waals surface area contributed by atoms with Crippen molar-refractivity contribution in [1.29, 1.82) is 0 Å². The standard InChI is InChI=1S/C29H30F3IN2O7/c1-41-24-11-17(15-37)10-21(33)26(24)42-23-13-19(27(39)34-8-9-36)12-22(25(23)38)35(14-16-2-3-16)28(40)18-4-6-20(7-5-18)29(30,31)32/h4-7,10-11,13,15-16,22-23,25,36,38H,2-3,8-9,12,14H2,1H3,(H,34,39). The summed E-state index contributed by atoms with van der Waals surface area (Å²) in [4.78, 5) is 39.5. The van der Waals surface area contributed by atoms with E-state index >= 15 is 0 Å². The van der Waals surface area contributed by atoms with Crippen molar-refractivity contribution in [3.63, 3.8) is 0 Å². The topological polar surface area (TPSA) is 125 Å². The van der Waals surface area contributed by atoms with Gasteiger partial charge in [0.15, 0.2) is 11.5 Å². The number of carbonyl (C=O) groups excluding carboxylic acids is 3. The second kappa shape index (κ2) is 13.4. The van der Waals surface area contributed by atoms with E-state index < -0.39 is 41.8 Å². The molecule has 2 aliphatic carbocycles. The molecule has 9 nitrogen and oxygen atoms in total. The van der Waals surface area contributed by atoms with E-state index in [1.807, 2.05) is 22.6 Å². The maximum Gasteiger partial charge on any atom is 0.416 e. The molecule has 13 heteroatoms. The molecule has 0 spiro atoms. The molecule has 0 aromatic heterocycles. The summed E-state index contributed by atoms with van der Waals surface area (Å²) in [5.41, 5.74) is -0.352. The molecular weight excluding hydrogens is 672 g/mol. The molecule has 2 aromatic rings. The third-order valence-electron chi connectivity index (χ3n) is 7.13. The predicted molar refractivity (Wildman–Crippen MR) is 153 cm³/mol. The highest BCUT2D eigenvalue weighted by Crippen LogP contribution is 2.38. The van der Waals surface area contributed by atoms with Crippen LogP contribution in [0.3, 0.4) is 0 Å². The van der Waals surface area contributed by atoms with Crippen LogP contribution in [0.1, 0.15) is 45.5 Å². The highest BCUT2D eigenvalue weighted by Gasteiger charge is 2.43. The molecule has 0 radical (unpaired) electrons. The number of ether oxygens (including phenoxy) is 2. The summed E-state index contributed by atoms with van der Waals surface area (Å²) < 4.78 is 51.5. The van der Waals surface area contributed by atoms with Gasteiger partial charge in [-0.25, -0.2) is 0 Å². The molecule has 3 atom stereocenters. The van der Waals surface area contributed by atoms with Gasteiger partial charge in [0.25, 0.3) is 5.91 Å². The van der Waals surface area contributed by atoms with Crippen molar-refractivity contribution in [3.05, 3.63) is 68.3 Å². The molecule has 0 saturated heterocycles. The molecule has 3 N–H and O–H groups in total. The number of nitrogens with one attached hydrogen (secondary N) is 1. The third kappa shape index (κ3) is 7.42. The Morgan fingerprint density at radius 2 is 1.88 bits per heavy atom. The van der Waals surface area contributed by atoms with Crippen molar-refractivity contribution < 1.29 is 47.2 Å². The first-order valence-corrected chi connectivity index (χ1v) is 14.3. The van der Waals surface area contributed by atoms with Gasteiger partial charge in [0.2, 0.25) is 5.91 Å². The van der Waals surface area contributed by atoms with Gasteiger partial charge in [-0.15, -0.1) is 0 Å². The van der Waals surface area contributed by atoms with E-state index in [1.54, 1.807) is 6.07 Å². The van der Waals surface area contributed by atoms with Crippen LogP contribution in [0.2, 0.25) is 0 Å². The van der Waals surface area contributed by atoms with Crippen molar-refractivity contribution in [3.8, 4) is 11.5 Å². The van der Waals surface area contributed by atoms with Gasteiger partial charge in [-0.3, -0.25) is 14.4 Å². The van der Waals surface area contributed by atoms with Crippen molar-refractivity contribution >= 4 is 40.7 Å². The van der Waals surface area contributed by atoms with Crippen LogP contribution in [0.15, 0.2) is 48.0 Å². The summed E-state index contributed by atoms with van der Waals surface area (Å²) in [7, 11) is 1.39. The smallest absolute Gasteiger partial charge is 0.416 e. The monoisotopic (exact) mass is 702 g/mol. The first-order valence-electron chi connectivity index (χ1n) is 13.2. The number of aldehydes is 1. The second-order valence-corrected chi connectivity index (χ2v) is 11.3. The van der Waals surface area contributed by atoms with Crippen LogP contribution in [0.5, 0.6) is 11.5 Å². The van der Waals surface area contributed by atoms with E-state index in [9.17, 15) is 37.8 Å². The van der Waals surface area contributed by atoms with E-state index in [1.165, 1.54) is 24.2 Å². The van der Waals surface area contributed by atoms with Crippen molar-refractivity contribution in [1.82, 2.24) is 10.2 Å². The minimum absolute atomic E-state index is 0.00910. The number of alkyl halides is 3. The van der Waals surface area contributed by atoms with E-state index in [-0.39, 0.29) is 54.7 Å². The van der Waals surface area contributed by atoms with Gasteiger partial charge < -0.3 is 29.9 Å². The summed E-state index contributed by atoms with van der Waals surface area (Å²) in [6, 6.07) is 5.91. The quantitative estimate of drug-likeness (QED) is 0.242. The van der Waals surface area contributed by atoms with E-state index in [4.69, 9.17) is 9.47 Å². The van der Waals surface area contributed by atoms with Crippen molar-refractivity contribution in [2.45, 2.75) is 43.7 Å². The molecule has 0 aliphatic heterocycles. The van der Waals surface area contributed by atoms with Crippen LogP contribution in [-0.4, -0.2) is 78.3 Å². The lowest BCUT2D eigenvalue weighted by atomic mass is 9.87. The molecule has 226 valence electrons. The first kappa shape index (κ1) is 31.8. The zero-order valence-corrected chi connectivity index (χ0v) is 24.7. The maximum atomic E-state index is 13.7. The molecule has 2 aromatic carbocycles. The second-order valence-electron chi connectivity index (χ2n) is 10.1. The minimum Gasteiger partial charge on any atom is -0.493 e. The molecule has 4 rings (SSSR count). The third-order valence-corrected chi connectivity index (χ3v) is 7.93. The molecule has 0 heterocycles. The normalized spacial score (nSPS) is 20.4. The van der Waals surface area contributed by atoms with Crippen LogP contribution < -0.4 is 14.8 Å². The number of methoxy groups -OCH3 is 1. The molecule has 3 unspecified atom stereocenters. The van der Waals surface area contributed by atoms with E-state index in [0.29, 0.717) is 15.4 Å². The zero-order valence-electron chi connectivity index (χ0n) is 22.6. The number of amides is 2. The van der Waals surface area contributed by atoms with Gasteiger partial charge in [-0.2, -0.15) is 13.2 Å². The van der Waals surface area contributed by atoms with Gasteiger partial charge in [0.05, 0.1) is 28.9 Å². The summed E-state index contributed by atoms with van der Waals surface area (Å²) in [6.07, 6.45) is -3.34. The molecule has 2 aliphatic rings. The lowest BCUT2D eigenvalue weighted by Crippen LogP contribution is -2.55. The Hall–Kier alpha value is -3.17. The average Bonchev–Trinajstić information content (AvgIpc) is 3.80. The number of carbonyl (C=O) groups is 3. The first-order chi connectivity index (χ1) is 20.0. The fraction of sp³-hybridized carbons (Fsp3) is 0.414. The van der Waals surface area contributed by atoms with E-state index in [0.717, 1.165) is 37.1 Å². The predicted octanol–water partition coefficient (Wildman–Crippen LogP) is 3.60. The molecule has 42 heavy (non-hydrogen) atoms. The molecule has 0 bridgehead atoms. The van der Waals surface area contributed by atoms with Crippen molar-refractivity contribution in [2.24, 2.45) is 5.92 Å². The van der Waals surface area contributed by atoms with Gasteiger partial charge in [0.1, 0.15) is 18.5 Å². The van der Waals surface area contributed by atoms with Crippen LogP contribution in [0.4, 0.5) is 13.2 Å². The van der Waals surface area contributed by atoms with E-state index in [2.05, 4.69) is 5.32 Å². The maximum absolute atomic E-state index is 13.7. The Labute approximate surface area is 253 Å². The summed E-state index contributed by atoms with van der Waals surface area (Å²) in [6.45, 7) is -0.0948. The van der Waals surface area contributed by atoms with Crippen LogP contribution in [0, 0.1) is 9.49 Å². The lowest BCUT2D eigenvalue weighted by Gasteiger charge is -2.41. The highest BCUT2D eigenvalue weighted by molar-refractivity contribution is 14.1. The Balaban J connectivity index is 1.71. The fourth-order valence-corrected chi connectivity index (χ4v) is 5.51. The number of halogens is 4. The van der Waals surface area contributed by atoms with Gasteiger partial charge in [0, 0.05) is 36.2 Å². The fourth-order valence-electron chi connectivity index (χ4n) is 4.75. The largest absolute Gasteiger partial charge is 0.493 e. The van der Waals surface area contributed by atoms with Crippen molar-refractivity contribution in [2.75, 3.05) is 26.8 Å². The van der Waals surface area contributed by atoms with Crippen LogP contribution >= 0.6 is 22.6 Å². The minimum atomic E-state index is -4.57. The summed E-state index contributed by atoms with van der Waals surface area (Å²) in [5.74, 6) is -0.542. The summed E-state index contributed by atoms with van der Waals surface area (Å²) >= 11 is 1.95. The number of nitrogens with zero attached hydrogens (tertiary/aromatic N) is 1. The average molecular weight is 702 g/mol. The molecule has 1 saturated carbocycles. The van der Waals surface area contributed by atoms with Crippen LogP contribution in [-0.2, 0) is 11.0 Å². The van der Waals surface area contributed by atoms with Gasteiger partial charge in [-0.1, -0.05) is 0 Å². The summed E-state index contributed by atoms with van der Waals surface area (Å²) in [5, 5.41) is 23.3.